The van der Waals surface area contributed by atoms with Crippen molar-refractivity contribution in [2.75, 3.05) is 7.11 Å². The molecule has 0 bridgehead atoms. The van der Waals surface area contributed by atoms with E-state index in [9.17, 15) is 18.0 Å². The Morgan fingerprint density at radius 1 is 1.44 bits per heavy atom. The summed E-state index contributed by atoms with van der Waals surface area (Å²) in [4.78, 5) is 18.7. The summed E-state index contributed by atoms with van der Waals surface area (Å²) in [5.74, 6) is -1.12. The number of hydrogen-bond donors (Lipinski definition) is 0. The first-order chi connectivity index (χ1) is 8.25. The number of esters is 1. The van der Waals surface area contributed by atoms with E-state index in [0.29, 0.717) is 0 Å². The smallest absolute Gasteiger partial charge is 0.425 e. The Morgan fingerprint density at radius 2 is 2.06 bits per heavy atom. The Morgan fingerprint density at radius 3 is 2.56 bits per heavy atom. The predicted molar refractivity (Wildman–Crippen MR) is 54.3 cm³/mol. The van der Waals surface area contributed by atoms with Gasteiger partial charge in [0, 0.05) is 6.20 Å². The number of alkyl halides is 3. The quantitative estimate of drug-likeness (QED) is 0.780. The van der Waals surface area contributed by atoms with Crippen LogP contribution in [-0.4, -0.2) is 35.3 Å². The Balaban J connectivity index is 3.07. The zero-order valence-corrected chi connectivity index (χ0v) is 9.91. The summed E-state index contributed by atoms with van der Waals surface area (Å²) < 4.78 is 46.1. The second kappa shape index (κ2) is 5.19. The number of hydrogen-bond acceptors (Lipinski definition) is 5. The van der Waals surface area contributed by atoms with Crippen LogP contribution in [0.25, 0.3) is 0 Å². The molecule has 0 fully saturated rings. The zero-order chi connectivity index (χ0) is 13.9. The number of aryl methyl sites for hydroxylation is 1. The largest absolute Gasteiger partial charge is 0.465 e. The molecule has 5 nitrogen and oxygen atoms in total. The van der Waals surface area contributed by atoms with Crippen molar-refractivity contribution in [3.05, 3.63) is 17.6 Å². The van der Waals surface area contributed by atoms with Crippen LogP contribution in [0.15, 0.2) is 6.20 Å². The van der Waals surface area contributed by atoms with E-state index in [1.165, 1.54) is 6.92 Å². The SMILES string of the molecule is COC(=O)c1cnc(C)nc1OC(C)C(F)(F)F. The second-order valence-electron chi connectivity index (χ2n) is 3.43. The maximum Gasteiger partial charge on any atom is 0.425 e. The number of rotatable bonds is 3. The highest BCUT2D eigenvalue weighted by atomic mass is 19.4. The third kappa shape index (κ3) is 3.31. The van der Waals surface area contributed by atoms with Gasteiger partial charge in [-0.2, -0.15) is 18.2 Å². The number of ether oxygens (including phenoxy) is 2. The van der Waals surface area contributed by atoms with Crippen molar-refractivity contribution in [3.63, 3.8) is 0 Å². The van der Waals surface area contributed by atoms with Gasteiger partial charge in [0.05, 0.1) is 7.11 Å². The minimum absolute atomic E-state index is 0.187. The molecule has 0 saturated carbocycles. The molecule has 1 unspecified atom stereocenters. The van der Waals surface area contributed by atoms with Crippen LogP contribution in [0.3, 0.4) is 0 Å². The van der Waals surface area contributed by atoms with Gasteiger partial charge < -0.3 is 9.47 Å². The van der Waals surface area contributed by atoms with Crippen LogP contribution in [0.2, 0.25) is 0 Å². The number of halogens is 3. The molecule has 100 valence electrons. The monoisotopic (exact) mass is 264 g/mol. The van der Waals surface area contributed by atoms with Crippen molar-refractivity contribution < 1.29 is 27.4 Å². The van der Waals surface area contributed by atoms with Gasteiger partial charge in [0.2, 0.25) is 5.88 Å². The fourth-order valence-corrected chi connectivity index (χ4v) is 1.02. The van der Waals surface area contributed by atoms with Gasteiger partial charge in [-0.3, -0.25) is 0 Å². The maximum atomic E-state index is 12.4. The topological polar surface area (TPSA) is 61.3 Å². The number of methoxy groups -OCH3 is 1. The van der Waals surface area contributed by atoms with Crippen molar-refractivity contribution in [3.8, 4) is 5.88 Å². The van der Waals surface area contributed by atoms with Gasteiger partial charge in [0.25, 0.3) is 0 Å². The third-order valence-corrected chi connectivity index (χ3v) is 2.03. The molecule has 0 saturated heterocycles. The molecule has 8 heteroatoms. The average molecular weight is 264 g/mol. The first kappa shape index (κ1) is 14.2. The van der Waals surface area contributed by atoms with Crippen molar-refractivity contribution in [1.82, 2.24) is 9.97 Å². The minimum atomic E-state index is -4.55. The second-order valence-corrected chi connectivity index (χ2v) is 3.43. The molecule has 0 amide bonds. The Bertz CT molecular complexity index is 448. The lowest BCUT2D eigenvalue weighted by atomic mass is 10.3. The molecule has 0 aliphatic heterocycles. The first-order valence-corrected chi connectivity index (χ1v) is 4.91. The van der Waals surface area contributed by atoms with E-state index in [1.54, 1.807) is 0 Å². The van der Waals surface area contributed by atoms with E-state index in [2.05, 4.69) is 19.4 Å². The lowest BCUT2D eigenvalue weighted by molar-refractivity contribution is -0.190. The highest BCUT2D eigenvalue weighted by Crippen LogP contribution is 2.25. The summed E-state index contributed by atoms with van der Waals surface area (Å²) in [5.41, 5.74) is -0.251. The molecule has 0 spiro atoms. The number of nitrogens with zero attached hydrogens (tertiary/aromatic N) is 2. The van der Waals surface area contributed by atoms with Gasteiger partial charge in [0.1, 0.15) is 11.4 Å². The molecule has 1 aromatic rings. The molecule has 18 heavy (non-hydrogen) atoms. The first-order valence-electron chi connectivity index (χ1n) is 4.91. The molecule has 0 N–H and O–H groups in total. The molecule has 0 aromatic carbocycles. The molecule has 1 atom stereocenters. The molecule has 0 radical (unpaired) electrons. The van der Waals surface area contributed by atoms with Crippen LogP contribution < -0.4 is 4.74 Å². The summed E-state index contributed by atoms with van der Waals surface area (Å²) in [6, 6.07) is 0. The van der Waals surface area contributed by atoms with E-state index in [4.69, 9.17) is 0 Å². The molecular formula is C10H11F3N2O3. The van der Waals surface area contributed by atoms with Gasteiger partial charge in [-0.15, -0.1) is 0 Å². The third-order valence-electron chi connectivity index (χ3n) is 2.03. The van der Waals surface area contributed by atoms with Crippen molar-refractivity contribution >= 4 is 5.97 Å². The van der Waals surface area contributed by atoms with E-state index < -0.39 is 24.1 Å². The summed E-state index contributed by atoms with van der Waals surface area (Å²) in [5, 5.41) is 0. The fourth-order valence-electron chi connectivity index (χ4n) is 1.02. The van der Waals surface area contributed by atoms with Crippen LogP contribution in [-0.2, 0) is 4.74 Å². The zero-order valence-electron chi connectivity index (χ0n) is 9.91. The Labute approximate surface area is 101 Å². The Kier molecular flexibility index (Phi) is 4.10. The van der Waals surface area contributed by atoms with Crippen LogP contribution >= 0.6 is 0 Å². The van der Waals surface area contributed by atoms with Crippen LogP contribution in [0.4, 0.5) is 13.2 Å². The number of carbonyl (C=O) groups excluding carboxylic acids is 1. The van der Waals surface area contributed by atoms with Gasteiger partial charge >= 0.3 is 12.1 Å². The lowest BCUT2D eigenvalue weighted by Crippen LogP contribution is -2.32. The van der Waals surface area contributed by atoms with Crippen LogP contribution in [0.5, 0.6) is 5.88 Å². The van der Waals surface area contributed by atoms with Crippen LogP contribution in [0, 0.1) is 6.92 Å². The highest BCUT2D eigenvalue weighted by Gasteiger charge is 2.39. The maximum absolute atomic E-state index is 12.4. The minimum Gasteiger partial charge on any atom is -0.465 e. The van der Waals surface area contributed by atoms with E-state index in [1.807, 2.05) is 0 Å². The average Bonchev–Trinajstić information content (AvgIpc) is 2.27. The predicted octanol–water partition coefficient (Wildman–Crippen LogP) is 1.90. The van der Waals surface area contributed by atoms with Crippen molar-refractivity contribution in [2.45, 2.75) is 26.1 Å². The number of carbonyl (C=O) groups is 1. The van der Waals surface area contributed by atoms with Crippen molar-refractivity contribution in [1.29, 1.82) is 0 Å². The highest BCUT2D eigenvalue weighted by molar-refractivity contribution is 5.91. The number of aromatic nitrogens is 2. The summed E-state index contributed by atoms with van der Waals surface area (Å²) in [6.07, 6.45) is -5.58. The summed E-state index contributed by atoms with van der Waals surface area (Å²) in [7, 11) is 1.10. The molecule has 1 rings (SSSR count). The molecular weight excluding hydrogens is 253 g/mol. The van der Waals surface area contributed by atoms with E-state index in [-0.39, 0.29) is 11.4 Å². The fraction of sp³-hybridized carbons (Fsp3) is 0.500. The summed E-state index contributed by atoms with van der Waals surface area (Å²) >= 11 is 0. The van der Waals surface area contributed by atoms with Gasteiger partial charge in [0.15, 0.2) is 6.10 Å². The molecule has 1 aromatic heterocycles. The molecule has 1 heterocycles. The standard InChI is InChI=1S/C10H11F3N2O3/c1-5(10(11,12)13)18-8-7(9(16)17-3)4-14-6(2)15-8/h4-5H,1-3H3. The lowest BCUT2D eigenvalue weighted by Gasteiger charge is -2.18. The normalized spacial score (nSPS) is 13.0. The van der Waals surface area contributed by atoms with E-state index >= 15 is 0 Å². The van der Waals surface area contributed by atoms with Gasteiger partial charge in [-0.25, -0.2) is 9.78 Å². The van der Waals surface area contributed by atoms with Crippen LogP contribution in [0.1, 0.15) is 23.1 Å². The molecule has 0 aliphatic carbocycles. The van der Waals surface area contributed by atoms with Gasteiger partial charge in [-0.1, -0.05) is 0 Å². The van der Waals surface area contributed by atoms with E-state index in [0.717, 1.165) is 20.2 Å². The summed E-state index contributed by atoms with van der Waals surface area (Å²) in [6.45, 7) is 2.28. The molecule has 0 aliphatic rings. The Hall–Kier alpha value is -1.86. The van der Waals surface area contributed by atoms with Crippen molar-refractivity contribution in [2.24, 2.45) is 0 Å². The van der Waals surface area contributed by atoms with Gasteiger partial charge in [-0.05, 0) is 13.8 Å².